The van der Waals surface area contributed by atoms with Gasteiger partial charge in [0, 0.05) is 9.85 Å². The predicted molar refractivity (Wildman–Crippen MR) is 51.3 cm³/mol. The van der Waals surface area contributed by atoms with Gasteiger partial charge in [-0.15, -0.1) is 0 Å². The molecule has 2 heteroatoms. The van der Waals surface area contributed by atoms with Crippen molar-refractivity contribution >= 4 is 33.3 Å². The van der Waals surface area contributed by atoms with Crippen molar-refractivity contribution in [2.45, 2.75) is 13.3 Å². The maximum absolute atomic E-state index is 3.46. The van der Waals surface area contributed by atoms with Gasteiger partial charge in [0.1, 0.15) is 0 Å². The second kappa shape index (κ2) is 3.94. The Morgan fingerprint density at radius 2 is 2.40 bits per heavy atom. The smallest absolute Gasteiger partial charge is 0.0354 e. The Hall–Kier alpha value is -0.0800. The van der Waals surface area contributed by atoms with Crippen molar-refractivity contribution in [2.75, 3.05) is 0 Å². The molecule has 0 saturated heterocycles. The van der Waals surface area contributed by atoms with Gasteiger partial charge < -0.3 is 0 Å². The zero-order valence-electron chi connectivity index (χ0n) is 5.80. The Labute approximate surface area is 73.7 Å². The van der Waals surface area contributed by atoms with Crippen molar-refractivity contribution in [3.05, 3.63) is 26.9 Å². The van der Waals surface area contributed by atoms with Crippen LogP contribution in [0.4, 0.5) is 0 Å². The summed E-state index contributed by atoms with van der Waals surface area (Å²) in [7, 11) is 0. The average Bonchev–Trinajstić information content (AvgIpc) is 2.31. The van der Waals surface area contributed by atoms with Gasteiger partial charge >= 0.3 is 0 Å². The third kappa shape index (κ3) is 1.96. The molecule has 0 fully saturated rings. The van der Waals surface area contributed by atoms with E-state index >= 15 is 0 Å². The third-order valence-corrected chi connectivity index (χ3v) is 2.93. The third-order valence-electron chi connectivity index (χ3n) is 1.18. The quantitative estimate of drug-likeness (QED) is 0.703. The van der Waals surface area contributed by atoms with Gasteiger partial charge in [0.05, 0.1) is 0 Å². The highest BCUT2D eigenvalue weighted by Crippen LogP contribution is 2.22. The highest BCUT2D eigenvalue weighted by molar-refractivity contribution is 9.10. The van der Waals surface area contributed by atoms with Crippen molar-refractivity contribution in [3.63, 3.8) is 0 Å². The molecule has 1 aromatic rings. The largest absolute Gasteiger partial charge is 0.151 e. The van der Waals surface area contributed by atoms with Crippen LogP contribution < -0.4 is 0 Å². The van der Waals surface area contributed by atoms with E-state index < -0.39 is 0 Å². The molecule has 1 rings (SSSR count). The molecular formula is C8H9BrS. The van der Waals surface area contributed by atoms with Crippen LogP contribution in [0.15, 0.2) is 21.3 Å². The lowest BCUT2D eigenvalue weighted by Crippen LogP contribution is -1.62. The van der Waals surface area contributed by atoms with Crippen LogP contribution in [-0.2, 0) is 0 Å². The molecule has 0 unspecified atom stereocenters. The number of allylic oxidation sites excluding steroid dienone is 1. The van der Waals surface area contributed by atoms with Crippen LogP contribution in [0.25, 0.3) is 6.08 Å². The summed E-state index contributed by atoms with van der Waals surface area (Å²) in [5.74, 6) is 0. The first-order valence-electron chi connectivity index (χ1n) is 3.23. The van der Waals surface area contributed by atoms with E-state index in [1.54, 1.807) is 11.3 Å². The zero-order valence-corrected chi connectivity index (χ0v) is 8.21. The maximum Gasteiger partial charge on any atom is 0.0354 e. The molecule has 1 aromatic heterocycles. The molecule has 54 valence electrons. The summed E-state index contributed by atoms with van der Waals surface area (Å²) >= 11 is 5.17. The molecule has 0 radical (unpaired) electrons. The molecule has 0 aliphatic heterocycles. The molecule has 0 bridgehead atoms. The molecule has 0 atom stereocenters. The van der Waals surface area contributed by atoms with Gasteiger partial charge in [-0.05, 0) is 33.3 Å². The van der Waals surface area contributed by atoms with Crippen LogP contribution in [0, 0.1) is 0 Å². The lowest BCUT2D eigenvalue weighted by molar-refractivity contribution is 1.23. The molecule has 0 N–H and O–H groups in total. The fourth-order valence-electron chi connectivity index (χ4n) is 0.655. The Morgan fingerprint density at radius 3 is 2.90 bits per heavy atom. The lowest BCUT2D eigenvalue weighted by Gasteiger charge is -1.84. The monoisotopic (exact) mass is 216 g/mol. The minimum atomic E-state index is 1.10. The van der Waals surface area contributed by atoms with Crippen LogP contribution in [0.3, 0.4) is 0 Å². The van der Waals surface area contributed by atoms with Gasteiger partial charge in [0.25, 0.3) is 0 Å². The average molecular weight is 217 g/mol. The predicted octanol–water partition coefficient (Wildman–Crippen LogP) is 3.93. The number of thiophene rings is 1. The topological polar surface area (TPSA) is 0 Å². The molecule has 0 amide bonds. The van der Waals surface area contributed by atoms with E-state index in [1.807, 2.05) is 0 Å². The number of hydrogen-bond acceptors (Lipinski definition) is 1. The molecule has 0 aromatic carbocycles. The van der Waals surface area contributed by atoms with Crippen molar-refractivity contribution in [1.82, 2.24) is 0 Å². The first kappa shape index (κ1) is 8.02. The van der Waals surface area contributed by atoms with E-state index in [0.29, 0.717) is 0 Å². The maximum atomic E-state index is 3.46. The number of halogens is 1. The summed E-state index contributed by atoms with van der Waals surface area (Å²) in [6.07, 6.45) is 5.40. The lowest BCUT2D eigenvalue weighted by atomic mass is 10.3. The van der Waals surface area contributed by atoms with Gasteiger partial charge in [-0.2, -0.15) is 11.3 Å². The minimum absolute atomic E-state index is 1.10. The standard InChI is InChI=1S/C8H9BrS/c1-2-3-4-7-5-10-6-8(7)9/h3-6H,2H2,1H3. The van der Waals surface area contributed by atoms with E-state index in [2.05, 4.69) is 45.8 Å². The van der Waals surface area contributed by atoms with Gasteiger partial charge in [-0.1, -0.05) is 19.1 Å². The molecule has 0 nitrogen and oxygen atoms in total. The van der Waals surface area contributed by atoms with Crippen LogP contribution in [0.5, 0.6) is 0 Å². The Balaban J connectivity index is 2.74. The molecule has 0 saturated carbocycles. The minimum Gasteiger partial charge on any atom is -0.151 e. The normalized spacial score (nSPS) is 11.0. The summed E-state index contributed by atoms with van der Waals surface area (Å²) in [5, 5.41) is 4.23. The highest BCUT2D eigenvalue weighted by atomic mass is 79.9. The molecule has 10 heavy (non-hydrogen) atoms. The number of rotatable bonds is 2. The van der Waals surface area contributed by atoms with Gasteiger partial charge in [0.15, 0.2) is 0 Å². The highest BCUT2D eigenvalue weighted by Gasteiger charge is 1.93. The van der Waals surface area contributed by atoms with E-state index in [4.69, 9.17) is 0 Å². The van der Waals surface area contributed by atoms with E-state index in [9.17, 15) is 0 Å². The summed E-state index contributed by atoms with van der Waals surface area (Å²) in [5.41, 5.74) is 1.28. The zero-order chi connectivity index (χ0) is 7.40. The van der Waals surface area contributed by atoms with E-state index in [1.165, 1.54) is 10.0 Å². The van der Waals surface area contributed by atoms with Crippen LogP contribution in [0.2, 0.25) is 0 Å². The Kier molecular flexibility index (Phi) is 3.16. The summed E-state index contributed by atoms with van der Waals surface area (Å²) in [6.45, 7) is 2.14. The SMILES string of the molecule is CCC=Cc1cscc1Br. The molecule has 0 aliphatic rings. The molecule has 0 spiro atoms. The first-order valence-corrected chi connectivity index (χ1v) is 4.96. The fourth-order valence-corrected chi connectivity index (χ4v) is 2.05. The Morgan fingerprint density at radius 1 is 1.60 bits per heavy atom. The van der Waals surface area contributed by atoms with Crippen LogP contribution in [-0.4, -0.2) is 0 Å². The van der Waals surface area contributed by atoms with Crippen molar-refractivity contribution < 1.29 is 0 Å². The van der Waals surface area contributed by atoms with E-state index in [-0.39, 0.29) is 0 Å². The first-order chi connectivity index (χ1) is 4.84. The Bertz CT molecular complexity index is 225. The summed E-state index contributed by atoms with van der Waals surface area (Å²) in [6, 6.07) is 0. The molecular weight excluding hydrogens is 208 g/mol. The van der Waals surface area contributed by atoms with E-state index in [0.717, 1.165) is 6.42 Å². The fraction of sp³-hybridized carbons (Fsp3) is 0.250. The van der Waals surface area contributed by atoms with Crippen LogP contribution >= 0.6 is 27.3 Å². The number of hydrogen-bond donors (Lipinski definition) is 0. The van der Waals surface area contributed by atoms with Crippen molar-refractivity contribution in [1.29, 1.82) is 0 Å². The second-order valence-corrected chi connectivity index (χ2v) is 3.58. The van der Waals surface area contributed by atoms with Crippen LogP contribution in [0.1, 0.15) is 18.9 Å². The second-order valence-electron chi connectivity index (χ2n) is 1.99. The van der Waals surface area contributed by atoms with Gasteiger partial charge in [-0.3, -0.25) is 0 Å². The van der Waals surface area contributed by atoms with Gasteiger partial charge in [-0.25, -0.2) is 0 Å². The molecule has 0 aliphatic carbocycles. The molecule has 1 heterocycles. The van der Waals surface area contributed by atoms with Gasteiger partial charge in [0.2, 0.25) is 0 Å². The van der Waals surface area contributed by atoms with Crippen molar-refractivity contribution in [2.24, 2.45) is 0 Å². The summed E-state index contributed by atoms with van der Waals surface area (Å²) in [4.78, 5) is 0. The summed E-state index contributed by atoms with van der Waals surface area (Å²) < 4.78 is 1.20. The van der Waals surface area contributed by atoms with Crippen molar-refractivity contribution in [3.8, 4) is 0 Å².